The summed E-state index contributed by atoms with van der Waals surface area (Å²) in [6.07, 6.45) is 1.07. The Balaban J connectivity index is 0.00000338. The van der Waals surface area contributed by atoms with E-state index in [1.807, 2.05) is 18.2 Å². The van der Waals surface area contributed by atoms with Crippen molar-refractivity contribution in [3.8, 4) is 0 Å². The fourth-order valence-corrected chi connectivity index (χ4v) is 2.33. The van der Waals surface area contributed by atoms with E-state index in [1.54, 1.807) is 7.05 Å². The zero-order chi connectivity index (χ0) is 17.9. The lowest BCUT2D eigenvalue weighted by Crippen LogP contribution is -2.41. The Labute approximate surface area is 174 Å². The van der Waals surface area contributed by atoms with Gasteiger partial charge in [-0.1, -0.05) is 61.5 Å². The van der Waals surface area contributed by atoms with Gasteiger partial charge in [0.25, 0.3) is 0 Å². The van der Waals surface area contributed by atoms with Crippen molar-refractivity contribution >= 4 is 29.9 Å². The van der Waals surface area contributed by atoms with E-state index in [-0.39, 0.29) is 24.0 Å². The smallest absolute Gasteiger partial charge is 0.191 e. The van der Waals surface area contributed by atoms with Gasteiger partial charge in [0.05, 0.1) is 13.2 Å². The largest absolute Gasteiger partial charge is 0.372 e. The van der Waals surface area contributed by atoms with Crippen LogP contribution >= 0.6 is 24.0 Å². The van der Waals surface area contributed by atoms with E-state index in [2.05, 4.69) is 65.9 Å². The van der Waals surface area contributed by atoms with Crippen LogP contribution in [0.1, 0.15) is 37.0 Å². The summed E-state index contributed by atoms with van der Waals surface area (Å²) in [5.41, 5.74) is 3.60. The van der Waals surface area contributed by atoms with Crippen LogP contribution in [0.2, 0.25) is 0 Å². The number of hydrogen-bond donors (Lipinski definition) is 2. The molecule has 0 heterocycles. The summed E-state index contributed by atoms with van der Waals surface area (Å²) in [5, 5.41) is 6.70. The Morgan fingerprint density at radius 2 is 1.54 bits per heavy atom. The average Bonchev–Trinajstić information content (AvgIpc) is 2.66. The zero-order valence-electron chi connectivity index (χ0n) is 15.9. The topological polar surface area (TPSA) is 45.7 Å². The molecule has 2 N–H and O–H groups in total. The molecule has 5 heteroatoms. The molecular weight excluding hydrogens is 437 g/mol. The van der Waals surface area contributed by atoms with Crippen molar-refractivity contribution in [3.63, 3.8) is 0 Å². The maximum atomic E-state index is 5.77. The number of benzene rings is 2. The third-order valence-corrected chi connectivity index (χ3v) is 4.08. The average molecular weight is 467 g/mol. The second-order valence-corrected chi connectivity index (χ2v) is 6.17. The van der Waals surface area contributed by atoms with Crippen LogP contribution in [0.5, 0.6) is 0 Å². The van der Waals surface area contributed by atoms with E-state index >= 15 is 0 Å². The molecule has 0 radical (unpaired) electrons. The summed E-state index contributed by atoms with van der Waals surface area (Å²) in [5.74, 6) is 0.838. The molecule has 0 amide bonds. The number of nitrogens with one attached hydrogen (secondary N) is 2. The van der Waals surface area contributed by atoms with Gasteiger partial charge >= 0.3 is 0 Å². The van der Waals surface area contributed by atoms with Gasteiger partial charge in [0.2, 0.25) is 0 Å². The first-order chi connectivity index (χ1) is 12.2. The Kier molecular flexibility index (Phi) is 11.0. The number of ether oxygens (including phenoxy) is 1. The molecule has 0 saturated heterocycles. The molecule has 0 saturated carbocycles. The number of halogens is 1. The summed E-state index contributed by atoms with van der Waals surface area (Å²) in [4.78, 5) is 4.25. The SMILES string of the molecule is CCC(C)NC(=NC)NCc1ccc(COCc2ccccc2)cc1.I. The quantitative estimate of drug-likeness (QED) is 0.342. The highest BCUT2D eigenvalue weighted by molar-refractivity contribution is 14.0. The molecule has 2 aromatic rings. The lowest BCUT2D eigenvalue weighted by atomic mass is 10.1. The molecule has 0 aromatic heterocycles. The number of guanidine groups is 1. The molecular formula is C21H30IN3O. The van der Waals surface area contributed by atoms with Gasteiger partial charge in [0, 0.05) is 19.6 Å². The van der Waals surface area contributed by atoms with Crippen LogP contribution in [0.15, 0.2) is 59.6 Å². The normalized spacial score (nSPS) is 12.2. The van der Waals surface area contributed by atoms with Crippen molar-refractivity contribution in [2.24, 2.45) is 4.99 Å². The van der Waals surface area contributed by atoms with Gasteiger partial charge in [0.15, 0.2) is 5.96 Å². The lowest BCUT2D eigenvalue weighted by Gasteiger charge is -2.16. The van der Waals surface area contributed by atoms with E-state index in [9.17, 15) is 0 Å². The van der Waals surface area contributed by atoms with Gasteiger partial charge in [-0.15, -0.1) is 24.0 Å². The number of hydrogen-bond acceptors (Lipinski definition) is 2. The van der Waals surface area contributed by atoms with Gasteiger partial charge < -0.3 is 15.4 Å². The fraction of sp³-hybridized carbons (Fsp3) is 0.381. The van der Waals surface area contributed by atoms with Crippen LogP contribution in [0, 0.1) is 0 Å². The highest BCUT2D eigenvalue weighted by atomic mass is 127. The van der Waals surface area contributed by atoms with E-state index in [0.29, 0.717) is 19.3 Å². The predicted molar refractivity (Wildman–Crippen MR) is 120 cm³/mol. The molecule has 0 aliphatic heterocycles. The van der Waals surface area contributed by atoms with E-state index in [4.69, 9.17) is 4.74 Å². The molecule has 1 atom stereocenters. The summed E-state index contributed by atoms with van der Waals surface area (Å²) in [6.45, 7) is 6.32. The summed E-state index contributed by atoms with van der Waals surface area (Å²) >= 11 is 0. The van der Waals surface area contributed by atoms with Gasteiger partial charge in [-0.2, -0.15) is 0 Å². The van der Waals surface area contributed by atoms with E-state index in [1.165, 1.54) is 16.7 Å². The Morgan fingerprint density at radius 1 is 0.962 bits per heavy atom. The minimum atomic E-state index is 0. The Morgan fingerprint density at radius 3 is 2.12 bits per heavy atom. The van der Waals surface area contributed by atoms with Gasteiger partial charge in [-0.25, -0.2) is 0 Å². The lowest BCUT2D eigenvalue weighted by molar-refractivity contribution is 0.107. The summed E-state index contributed by atoms with van der Waals surface area (Å²) < 4.78 is 5.77. The predicted octanol–water partition coefficient (Wildman–Crippen LogP) is 4.48. The van der Waals surface area contributed by atoms with Gasteiger partial charge in [-0.3, -0.25) is 4.99 Å². The molecule has 0 aliphatic carbocycles. The molecule has 0 aliphatic rings. The second kappa shape index (κ2) is 12.7. The van der Waals surface area contributed by atoms with E-state index in [0.717, 1.165) is 18.9 Å². The molecule has 26 heavy (non-hydrogen) atoms. The standard InChI is InChI=1S/C21H29N3O.HI/c1-4-17(2)24-21(22-3)23-14-18-10-12-20(13-11-18)16-25-15-19-8-6-5-7-9-19;/h5-13,17H,4,14-16H2,1-3H3,(H2,22,23,24);1H. The zero-order valence-corrected chi connectivity index (χ0v) is 18.2. The highest BCUT2D eigenvalue weighted by Gasteiger charge is 2.03. The van der Waals surface area contributed by atoms with Crippen LogP contribution in [0.25, 0.3) is 0 Å². The van der Waals surface area contributed by atoms with Crippen molar-refractivity contribution in [1.29, 1.82) is 0 Å². The maximum absolute atomic E-state index is 5.77. The third-order valence-electron chi connectivity index (χ3n) is 4.08. The third kappa shape index (κ3) is 8.19. The molecule has 4 nitrogen and oxygen atoms in total. The summed E-state index contributed by atoms with van der Waals surface area (Å²) in [6, 6.07) is 19.1. The number of aliphatic imine (C=N–C) groups is 1. The van der Waals surface area contributed by atoms with Crippen molar-refractivity contribution < 1.29 is 4.74 Å². The van der Waals surface area contributed by atoms with Crippen molar-refractivity contribution in [2.45, 2.75) is 46.1 Å². The number of rotatable bonds is 8. The van der Waals surface area contributed by atoms with Crippen LogP contribution in [-0.4, -0.2) is 19.0 Å². The van der Waals surface area contributed by atoms with Gasteiger partial charge in [0.1, 0.15) is 0 Å². The molecule has 2 rings (SSSR count). The van der Waals surface area contributed by atoms with Crippen LogP contribution in [0.3, 0.4) is 0 Å². The first kappa shape index (κ1) is 22.4. The molecule has 142 valence electrons. The molecule has 1 unspecified atom stereocenters. The van der Waals surface area contributed by atoms with Crippen LogP contribution in [-0.2, 0) is 24.5 Å². The second-order valence-electron chi connectivity index (χ2n) is 6.17. The maximum Gasteiger partial charge on any atom is 0.191 e. The minimum Gasteiger partial charge on any atom is -0.372 e. The molecule has 0 spiro atoms. The monoisotopic (exact) mass is 467 g/mol. The van der Waals surface area contributed by atoms with Crippen LogP contribution < -0.4 is 10.6 Å². The van der Waals surface area contributed by atoms with Crippen molar-refractivity contribution in [1.82, 2.24) is 10.6 Å². The highest BCUT2D eigenvalue weighted by Crippen LogP contribution is 2.08. The van der Waals surface area contributed by atoms with Crippen molar-refractivity contribution in [3.05, 3.63) is 71.3 Å². The van der Waals surface area contributed by atoms with Crippen LogP contribution in [0.4, 0.5) is 0 Å². The fourth-order valence-electron chi connectivity index (χ4n) is 2.33. The number of nitrogens with zero attached hydrogens (tertiary/aromatic N) is 1. The van der Waals surface area contributed by atoms with E-state index < -0.39 is 0 Å². The van der Waals surface area contributed by atoms with Gasteiger partial charge in [-0.05, 0) is 30.0 Å². The minimum absolute atomic E-state index is 0. The summed E-state index contributed by atoms with van der Waals surface area (Å²) in [7, 11) is 1.80. The molecule has 0 bridgehead atoms. The Bertz CT molecular complexity index is 644. The molecule has 0 fully saturated rings. The first-order valence-corrected chi connectivity index (χ1v) is 8.88. The first-order valence-electron chi connectivity index (χ1n) is 8.88. The molecule has 2 aromatic carbocycles. The van der Waals surface area contributed by atoms with Crippen molar-refractivity contribution in [2.75, 3.05) is 7.05 Å². The Hall–Kier alpha value is -1.60.